The van der Waals surface area contributed by atoms with Gasteiger partial charge in [-0.3, -0.25) is 0 Å². The maximum absolute atomic E-state index is 5.17. The molecule has 2 aromatic carbocycles. The Labute approximate surface area is 128 Å². The van der Waals surface area contributed by atoms with E-state index in [4.69, 9.17) is 4.74 Å². The van der Waals surface area contributed by atoms with Crippen molar-refractivity contribution in [2.45, 2.75) is 32.6 Å². The van der Waals surface area contributed by atoms with E-state index in [2.05, 4.69) is 62.5 Å². The van der Waals surface area contributed by atoms with Gasteiger partial charge >= 0.3 is 0 Å². The number of methoxy groups -OCH3 is 1. The van der Waals surface area contributed by atoms with Gasteiger partial charge < -0.3 is 10.1 Å². The number of benzene rings is 2. The van der Waals surface area contributed by atoms with Crippen molar-refractivity contribution in [1.29, 1.82) is 0 Å². The summed E-state index contributed by atoms with van der Waals surface area (Å²) in [6.45, 7) is 7.64. The first-order valence-electron chi connectivity index (χ1n) is 7.46. The van der Waals surface area contributed by atoms with Crippen molar-refractivity contribution >= 4 is 5.69 Å². The van der Waals surface area contributed by atoms with Crippen LogP contribution >= 0.6 is 0 Å². The number of nitrogens with one attached hydrogen (secondary N) is 1. The van der Waals surface area contributed by atoms with Crippen LogP contribution in [0.5, 0.6) is 5.75 Å². The van der Waals surface area contributed by atoms with Gasteiger partial charge in [0.1, 0.15) is 5.75 Å². The van der Waals surface area contributed by atoms with Crippen molar-refractivity contribution in [3.8, 4) is 5.75 Å². The zero-order valence-electron chi connectivity index (χ0n) is 13.4. The number of hydrogen-bond acceptors (Lipinski definition) is 2. The molecule has 0 atom stereocenters. The van der Waals surface area contributed by atoms with Gasteiger partial charge in [-0.15, -0.1) is 0 Å². The van der Waals surface area contributed by atoms with Crippen molar-refractivity contribution in [3.05, 3.63) is 59.7 Å². The first kappa shape index (κ1) is 15.4. The molecule has 0 saturated carbocycles. The monoisotopic (exact) mass is 283 g/mol. The van der Waals surface area contributed by atoms with E-state index in [-0.39, 0.29) is 5.41 Å². The Kier molecular flexibility index (Phi) is 4.89. The summed E-state index contributed by atoms with van der Waals surface area (Å²) in [7, 11) is 1.69. The van der Waals surface area contributed by atoms with E-state index in [0.717, 1.165) is 18.7 Å². The Bertz CT molecular complexity index is 550. The normalized spacial score (nSPS) is 11.2. The molecule has 112 valence electrons. The van der Waals surface area contributed by atoms with Gasteiger partial charge in [0.2, 0.25) is 0 Å². The van der Waals surface area contributed by atoms with E-state index < -0.39 is 0 Å². The molecule has 0 aliphatic rings. The van der Waals surface area contributed by atoms with E-state index in [1.54, 1.807) is 7.11 Å². The summed E-state index contributed by atoms with van der Waals surface area (Å²) in [4.78, 5) is 0. The topological polar surface area (TPSA) is 21.3 Å². The minimum Gasteiger partial charge on any atom is -0.497 e. The summed E-state index contributed by atoms with van der Waals surface area (Å²) in [5.74, 6) is 0.907. The van der Waals surface area contributed by atoms with Crippen LogP contribution in [0, 0.1) is 0 Å². The Morgan fingerprint density at radius 1 is 0.905 bits per heavy atom. The van der Waals surface area contributed by atoms with E-state index in [0.29, 0.717) is 0 Å². The summed E-state index contributed by atoms with van der Waals surface area (Å²) in [6, 6.07) is 17.0. The number of ether oxygens (including phenoxy) is 1. The first-order valence-corrected chi connectivity index (χ1v) is 7.46. The van der Waals surface area contributed by atoms with Gasteiger partial charge in [0.25, 0.3) is 0 Å². The number of hydrogen-bond donors (Lipinski definition) is 1. The van der Waals surface area contributed by atoms with Gasteiger partial charge in [0, 0.05) is 12.2 Å². The van der Waals surface area contributed by atoms with Gasteiger partial charge in [-0.1, -0.05) is 45.0 Å². The molecular weight excluding hydrogens is 258 g/mol. The molecular formula is C19H25NO. The molecule has 0 aromatic heterocycles. The molecule has 1 N–H and O–H groups in total. The molecule has 0 radical (unpaired) electrons. The van der Waals surface area contributed by atoms with E-state index >= 15 is 0 Å². The summed E-state index contributed by atoms with van der Waals surface area (Å²) in [5, 5.41) is 3.47. The van der Waals surface area contributed by atoms with E-state index in [1.165, 1.54) is 16.8 Å². The van der Waals surface area contributed by atoms with Crippen molar-refractivity contribution in [2.75, 3.05) is 19.0 Å². The molecule has 0 heterocycles. The summed E-state index contributed by atoms with van der Waals surface area (Å²) >= 11 is 0. The number of anilines is 1. The predicted octanol–water partition coefficient (Wildman–Crippen LogP) is 4.65. The van der Waals surface area contributed by atoms with Crippen LogP contribution in [0.1, 0.15) is 31.9 Å². The fourth-order valence-corrected chi connectivity index (χ4v) is 2.23. The molecule has 2 nitrogen and oxygen atoms in total. The van der Waals surface area contributed by atoms with Gasteiger partial charge in [0.05, 0.1) is 7.11 Å². The quantitative estimate of drug-likeness (QED) is 0.862. The lowest BCUT2D eigenvalue weighted by molar-refractivity contribution is 0.414. The van der Waals surface area contributed by atoms with Crippen molar-refractivity contribution in [2.24, 2.45) is 0 Å². The third-order valence-electron chi connectivity index (χ3n) is 3.65. The second-order valence-corrected chi connectivity index (χ2v) is 6.35. The Hall–Kier alpha value is -1.96. The van der Waals surface area contributed by atoms with E-state index in [1.807, 2.05) is 12.1 Å². The average Bonchev–Trinajstić information content (AvgIpc) is 2.47. The largest absolute Gasteiger partial charge is 0.497 e. The molecule has 2 heteroatoms. The lowest BCUT2D eigenvalue weighted by Gasteiger charge is -2.19. The highest BCUT2D eigenvalue weighted by atomic mass is 16.5. The minimum atomic E-state index is 0.210. The smallest absolute Gasteiger partial charge is 0.118 e. The fourth-order valence-electron chi connectivity index (χ4n) is 2.23. The molecule has 0 spiro atoms. The van der Waals surface area contributed by atoms with Crippen LogP contribution in [-0.2, 0) is 11.8 Å². The number of rotatable bonds is 5. The summed E-state index contributed by atoms with van der Waals surface area (Å²) in [5.41, 5.74) is 4.07. The molecule has 0 saturated heterocycles. The highest BCUT2D eigenvalue weighted by Gasteiger charge is 2.12. The zero-order chi connectivity index (χ0) is 15.3. The summed E-state index contributed by atoms with van der Waals surface area (Å²) in [6.07, 6.45) is 1.00. The van der Waals surface area contributed by atoms with E-state index in [9.17, 15) is 0 Å². The third kappa shape index (κ3) is 4.52. The standard InChI is InChI=1S/C19H25NO/c1-19(2,3)16-7-9-17(10-8-16)20-14-13-15-5-11-18(21-4)12-6-15/h5-12,20H,13-14H2,1-4H3. The molecule has 21 heavy (non-hydrogen) atoms. The molecule has 0 unspecified atom stereocenters. The first-order chi connectivity index (χ1) is 9.99. The maximum atomic E-state index is 5.17. The maximum Gasteiger partial charge on any atom is 0.118 e. The lowest BCUT2D eigenvalue weighted by Crippen LogP contribution is -2.11. The lowest BCUT2D eigenvalue weighted by atomic mass is 9.87. The van der Waals surface area contributed by atoms with Crippen LogP contribution in [0.2, 0.25) is 0 Å². The van der Waals surface area contributed by atoms with Crippen molar-refractivity contribution in [3.63, 3.8) is 0 Å². The van der Waals surface area contributed by atoms with Gasteiger partial charge in [0.15, 0.2) is 0 Å². The Balaban J connectivity index is 1.85. The second kappa shape index (κ2) is 6.66. The van der Waals surface area contributed by atoms with Crippen LogP contribution in [0.15, 0.2) is 48.5 Å². The third-order valence-corrected chi connectivity index (χ3v) is 3.65. The van der Waals surface area contributed by atoms with Crippen LogP contribution in [0.3, 0.4) is 0 Å². The van der Waals surface area contributed by atoms with Crippen LogP contribution < -0.4 is 10.1 Å². The van der Waals surface area contributed by atoms with Crippen LogP contribution in [-0.4, -0.2) is 13.7 Å². The molecule has 0 bridgehead atoms. The van der Waals surface area contributed by atoms with Crippen LogP contribution in [0.25, 0.3) is 0 Å². The second-order valence-electron chi connectivity index (χ2n) is 6.35. The van der Waals surface area contributed by atoms with Gasteiger partial charge in [-0.25, -0.2) is 0 Å². The fraction of sp³-hybridized carbons (Fsp3) is 0.368. The highest BCUT2D eigenvalue weighted by molar-refractivity contribution is 5.46. The van der Waals surface area contributed by atoms with Gasteiger partial charge in [-0.05, 0) is 47.2 Å². The molecule has 0 amide bonds. The van der Waals surface area contributed by atoms with Crippen LogP contribution in [0.4, 0.5) is 5.69 Å². The minimum absolute atomic E-state index is 0.210. The molecule has 0 fully saturated rings. The molecule has 2 rings (SSSR count). The Morgan fingerprint density at radius 2 is 1.52 bits per heavy atom. The van der Waals surface area contributed by atoms with Gasteiger partial charge in [-0.2, -0.15) is 0 Å². The summed E-state index contributed by atoms with van der Waals surface area (Å²) < 4.78 is 5.17. The van der Waals surface area contributed by atoms with Crippen molar-refractivity contribution < 1.29 is 4.74 Å². The molecule has 2 aromatic rings. The molecule has 0 aliphatic heterocycles. The molecule has 0 aliphatic carbocycles. The zero-order valence-corrected chi connectivity index (χ0v) is 13.4. The predicted molar refractivity (Wildman–Crippen MR) is 90.3 cm³/mol. The average molecular weight is 283 g/mol. The van der Waals surface area contributed by atoms with Crippen molar-refractivity contribution in [1.82, 2.24) is 0 Å². The SMILES string of the molecule is COc1ccc(CCNc2ccc(C(C)(C)C)cc2)cc1. The Morgan fingerprint density at radius 3 is 2.05 bits per heavy atom. The highest BCUT2D eigenvalue weighted by Crippen LogP contribution is 2.23.